The number of hydrogen-bond acceptors (Lipinski definition) is 9. The van der Waals surface area contributed by atoms with E-state index in [9.17, 15) is 19.8 Å². The number of aliphatic hydroxyl groups excluding tert-OH is 2. The van der Waals surface area contributed by atoms with Gasteiger partial charge in [-0.05, 0) is 45.7 Å². The van der Waals surface area contributed by atoms with Gasteiger partial charge in [0.2, 0.25) is 0 Å². The summed E-state index contributed by atoms with van der Waals surface area (Å²) >= 11 is 1.60. The molecule has 0 saturated heterocycles. The molecular formula is C43H82N2O6S. The van der Waals surface area contributed by atoms with E-state index in [2.05, 4.69) is 42.4 Å². The van der Waals surface area contributed by atoms with E-state index in [1.807, 2.05) is 7.05 Å². The van der Waals surface area contributed by atoms with Crippen molar-refractivity contribution in [1.29, 1.82) is 0 Å². The highest BCUT2D eigenvalue weighted by Crippen LogP contribution is 2.21. The molecule has 0 aromatic heterocycles. The monoisotopic (exact) mass is 755 g/mol. The zero-order valence-corrected chi connectivity index (χ0v) is 35.1. The molecule has 52 heavy (non-hydrogen) atoms. The maximum absolute atomic E-state index is 13.0. The number of ether oxygens (including phenoxy) is 2. The number of likely N-dealkylation sites (N-methyl/N-ethyl adjacent to an activating group) is 1. The second-order valence-electron chi connectivity index (χ2n) is 14.7. The Bertz CT molecular complexity index is 866. The molecule has 0 aliphatic rings. The van der Waals surface area contributed by atoms with Crippen LogP contribution < -0.4 is 0 Å². The minimum Gasteiger partial charge on any atom is -0.465 e. The number of unbranched alkanes of at least 4 members (excludes halogenated alkanes) is 16. The molecule has 306 valence electrons. The number of carbonyl (C=O) groups excluding carboxylic acids is 2. The highest BCUT2D eigenvalue weighted by Gasteiger charge is 2.19. The molecule has 0 amide bonds. The molecule has 0 radical (unpaired) electrons. The van der Waals surface area contributed by atoms with E-state index < -0.39 is 6.10 Å². The Morgan fingerprint density at radius 1 is 0.673 bits per heavy atom. The quantitative estimate of drug-likeness (QED) is 0.0364. The topological polar surface area (TPSA) is 99.5 Å². The number of hydrogen-bond donors (Lipinski definition) is 2. The molecule has 2 atom stereocenters. The van der Waals surface area contributed by atoms with E-state index in [0.29, 0.717) is 37.8 Å². The molecule has 0 fully saturated rings. The van der Waals surface area contributed by atoms with Crippen LogP contribution in [0.3, 0.4) is 0 Å². The standard InChI is InChI=1S/C43H82N2O6S/c1-5-8-11-14-16-17-19-24-29-42(48)50-36-37-52-39-41(47)38-45(32-31-44(4)33-34-46)30-25-20-21-26-35-51-43(49)40(27-22-13-10-7-3)28-23-18-15-12-9-6-2/h40-41,46-47H,5-18,20-23,25-39H2,1-4H3. The summed E-state index contributed by atoms with van der Waals surface area (Å²) < 4.78 is 11.1. The molecule has 0 rings (SSSR count). The molecule has 0 bridgehead atoms. The minimum atomic E-state index is -0.474. The van der Waals surface area contributed by atoms with Crippen molar-refractivity contribution < 1.29 is 29.3 Å². The zero-order chi connectivity index (χ0) is 38.3. The average molecular weight is 755 g/mol. The van der Waals surface area contributed by atoms with Crippen molar-refractivity contribution in [2.75, 3.05) is 71.1 Å². The third-order valence-electron chi connectivity index (χ3n) is 9.57. The first-order valence-corrected chi connectivity index (χ1v) is 22.6. The van der Waals surface area contributed by atoms with Crippen LogP contribution in [0.1, 0.15) is 168 Å². The first-order valence-electron chi connectivity index (χ1n) is 21.4. The van der Waals surface area contributed by atoms with Crippen molar-refractivity contribution >= 4 is 23.7 Å². The van der Waals surface area contributed by atoms with Gasteiger partial charge in [-0.2, -0.15) is 11.8 Å². The van der Waals surface area contributed by atoms with Crippen LogP contribution in [0.4, 0.5) is 0 Å². The van der Waals surface area contributed by atoms with Gasteiger partial charge in [0.15, 0.2) is 0 Å². The predicted octanol–water partition coefficient (Wildman–Crippen LogP) is 9.04. The van der Waals surface area contributed by atoms with Crippen LogP contribution in [0.5, 0.6) is 0 Å². The Morgan fingerprint density at radius 3 is 1.94 bits per heavy atom. The van der Waals surface area contributed by atoms with E-state index >= 15 is 0 Å². The van der Waals surface area contributed by atoms with Gasteiger partial charge in [0.05, 0.1) is 25.2 Å². The first kappa shape index (κ1) is 50.7. The van der Waals surface area contributed by atoms with Crippen LogP contribution in [0.15, 0.2) is 0 Å². The minimum absolute atomic E-state index is 0.0151. The van der Waals surface area contributed by atoms with Crippen molar-refractivity contribution in [2.45, 2.75) is 175 Å². The maximum Gasteiger partial charge on any atom is 0.317 e. The number of nitrogens with zero attached hydrogens (tertiary/aromatic N) is 2. The number of esters is 2. The molecule has 0 aliphatic carbocycles. The van der Waals surface area contributed by atoms with Gasteiger partial charge >= 0.3 is 11.9 Å². The number of aliphatic hydroxyl groups is 2. The van der Waals surface area contributed by atoms with Crippen molar-refractivity contribution in [3.63, 3.8) is 0 Å². The Balaban J connectivity index is 4.41. The van der Waals surface area contributed by atoms with Gasteiger partial charge in [0, 0.05) is 44.1 Å². The summed E-state index contributed by atoms with van der Waals surface area (Å²) in [5.74, 6) is 7.04. The van der Waals surface area contributed by atoms with Crippen LogP contribution in [-0.4, -0.2) is 109 Å². The van der Waals surface area contributed by atoms with Gasteiger partial charge in [-0.25, -0.2) is 0 Å². The van der Waals surface area contributed by atoms with Crippen LogP contribution in [0.2, 0.25) is 0 Å². The van der Waals surface area contributed by atoms with Crippen LogP contribution in [0, 0.1) is 17.8 Å². The summed E-state index contributed by atoms with van der Waals surface area (Å²) in [6.07, 6.45) is 24.7. The van der Waals surface area contributed by atoms with Gasteiger partial charge in [0.1, 0.15) is 13.0 Å². The number of thioether (sulfide) groups is 1. The van der Waals surface area contributed by atoms with Crippen molar-refractivity contribution in [1.82, 2.24) is 9.80 Å². The molecule has 2 unspecified atom stereocenters. The van der Waals surface area contributed by atoms with Crippen molar-refractivity contribution in [3.8, 4) is 11.8 Å². The zero-order valence-electron chi connectivity index (χ0n) is 34.3. The van der Waals surface area contributed by atoms with Crippen LogP contribution >= 0.6 is 11.8 Å². The smallest absolute Gasteiger partial charge is 0.317 e. The largest absolute Gasteiger partial charge is 0.465 e. The molecule has 0 aromatic rings. The Kier molecular flexibility index (Phi) is 38.4. The molecular weight excluding hydrogens is 673 g/mol. The van der Waals surface area contributed by atoms with Gasteiger partial charge in [-0.1, -0.05) is 129 Å². The molecule has 0 heterocycles. The summed E-state index contributed by atoms with van der Waals surface area (Å²) in [6.45, 7) is 11.4. The normalized spacial score (nSPS) is 12.5. The van der Waals surface area contributed by atoms with Crippen molar-refractivity contribution in [2.24, 2.45) is 5.92 Å². The third-order valence-corrected chi connectivity index (χ3v) is 10.6. The fourth-order valence-electron chi connectivity index (χ4n) is 6.21. The fourth-order valence-corrected chi connectivity index (χ4v) is 6.96. The van der Waals surface area contributed by atoms with Gasteiger partial charge in [-0.3, -0.25) is 14.5 Å². The summed E-state index contributed by atoms with van der Waals surface area (Å²) in [5.41, 5.74) is 0. The van der Waals surface area contributed by atoms with Crippen LogP contribution in [0.25, 0.3) is 0 Å². The molecule has 8 nitrogen and oxygen atoms in total. The van der Waals surface area contributed by atoms with E-state index in [0.717, 1.165) is 83.8 Å². The Hall–Kier alpha value is -1.31. The molecule has 0 saturated carbocycles. The highest BCUT2D eigenvalue weighted by molar-refractivity contribution is 7.99. The number of rotatable bonds is 38. The average Bonchev–Trinajstić information content (AvgIpc) is 3.13. The lowest BCUT2D eigenvalue weighted by atomic mass is 9.94. The second kappa shape index (κ2) is 39.4. The van der Waals surface area contributed by atoms with Crippen LogP contribution in [-0.2, 0) is 19.1 Å². The highest BCUT2D eigenvalue weighted by atomic mass is 32.2. The van der Waals surface area contributed by atoms with E-state index in [-0.39, 0.29) is 30.9 Å². The molecule has 0 aromatic carbocycles. The molecule has 0 spiro atoms. The summed E-state index contributed by atoms with van der Waals surface area (Å²) in [6, 6.07) is 0. The van der Waals surface area contributed by atoms with Gasteiger partial charge in [0.25, 0.3) is 0 Å². The van der Waals surface area contributed by atoms with E-state index in [1.165, 1.54) is 77.0 Å². The lowest BCUT2D eigenvalue weighted by Gasteiger charge is -2.27. The maximum atomic E-state index is 13.0. The van der Waals surface area contributed by atoms with Gasteiger partial charge in [-0.15, -0.1) is 5.92 Å². The van der Waals surface area contributed by atoms with E-state index in [4.69, 9.17) is 9.47 Å². The lowest BCUT2D eigenvalue weighted by Crippen LogP contribution is -2.40. The molecule has 9 heteroatoms. The Morgan fingerprint density at radius 2 is 1.27 bits per heavy atom. The van der Waals surface area contributed by atoms with Crippen molar-refractivity contribution in [3.05, 3.63) is 0 Å². The van der Waals surface area contributed by atoms with Gasteiger partial charge < -0.3 is 24.6 Å². The summed E-state index contributed by atoms with van der Waals surface area (Å²) in [5, 5.41) is 20.1. The number of carbonyl (C=O) groups is 2. The molecule has 0 aliphatic heterocycles. The first-order chi connectivity index (χ1) is 25.4. The fraction of sp³-hybridized carbons (Fsp3) is 0.907. The van der Waals surface area contributed by atoms with E-state index in [1.54, 1.807) is 11.8 Å². The molecule has 2 N–H and O–H groups in total. The third kappa shape index (κ3) is 34.5. The lowest BCUT2D eigenvalue weighted by molar-refractivity contribution is -0.149. The SMILES string of the molecule is CCCCCCCC#CCC(=O)OCCSCC(O)CN(CCCCCCOC(=O)C(CCCCCC)CCCCCCCC)CCN(C)CCO. The Labute approximate surface area is 325 Å². The summed E-state index contributed by atoms with van der Waals surface area (Å²) in [4.78, 5) is 29.3. The summed E-state index contributed by atoms with van der Waals surface area (Å²) in [7, 11) is 2.01. The second-order valence-corrected chi connectivity index (χ2v) is 15.8. The predicted molar refractivity (Wildman–Crippen MR) is 221 cm³/mol.